The van der Waals surface area contributed by atoms with E-state index in [-0.39, 0.29) is 29.7 Å². The summed E-state index contributed by atoms with van der Waals surface area (Å²) in [6, 6.07) is 6.63. The number of aromatic amines is 1. The summed E-state index contributed by atoms with van der Waals surface area (Å²) in [6.07, 6.45) is 4.17. The second-order valence-electron chi connectivity index (χ2n) is 9.47. The number of H-pyrrole nitrogens is 1. The Kier molecular flexibility index (Phi) is 5.77. The van der Waals surface area contributed by atoms with Crippen molar-refractivity contribution in [3.05, 3.63) is 53.7 Å². The van der Waals surface area contributed by atoms with Gasteiger partial charge in [-0.25, -0.2) is 4.39 Å². The van der Waals surface area contributed by atoms with Crippen LogP contribution in [0.2, 0.25) is 0 Å². The van der Waals surface area contributed by atoms with Gasteiger partial charge in [0.2, 0.25) is 0 Å². The predicted molar refractivity (Wildman–Crippen MR) is 132 cm³/mol. The molecule has 0 radical (unpaired) electrons. The highest BCUT2D eigenvalue weighted by Crippen LogP contribution is 2.51. The summed E-state index contributed by atoms with van der Waals surface area (Å²) in [7, 11) is 3.47. The number of rotatable bonds is 7. The number of fused-ring (bicyclic) bond motifs is 3. The van der Waals surface area contributed by atoms with Crippen LogP contribution in [0.5, 0.6) is 11.5 Å². The first-order chi connectivity index (χ1) is 17.5. The molecule has 3 aromatic rings. The lowest BCUT2D eigenvalue weighted by Crippen LogP contribution is -2.42. The first-order valence-electron chi connectivity index (χ1n) is 12.1. The number of pyridine rings is 1. The van der Waals surface area contributed by atoms with Gasteiger partial charge in [-0.3, -0.25) is 9.78 Å². The van der Waals surface area contributed by atoms with Gasteiger partial charge in [0.1, 0.15) is 18.5 Å². The van der Waals surface area contributed by atoms with E-state index in [0.717, 1.165) is 30.8 Å². The van der Waals surface area contributed by atoms with E-state index in [1.165, 1.54) is 13.2 Å². The Labute approximate surface area is 207 Å². The highest BCUT2D eigenvalue weighted by Gasteiger charge is 2.48. The van der Waals surface area contributed by atoms with E-state index < -0.39 is 5.82 Å². The van der Waals surface area contributed by atoms with Crippen LogP contribution >= 0.6 is 0 Å². The van der Waals surface area contributed by atoms with Crippen molar-refractivity contribution in [1.29, 1.82) is 0 Å². The molecule has 3 atom stereocenters. The molecule has 9 nitrogen and oxygen atoms in total. The maximum absolute atomic E-state index is 14.5. The van der Waals surface area contributed by atoms with E-state index in [2.05, 4.69) is 32.5 Å². The molecular weight excluding hydrogens is 465 g/mol. The second kappa shape index (κ2) is 9.11. The number of nitrogens with one attached hydrogen (secondary N) is 3. The molecule has 1 amide bonds. The normalized spacial score (nSPS) is 22.9. The molecule has 1 saturated heterocycles. The standard InChI is InChI=1S/C26H28FN5O4/c1-32-8-9-35-14(12-32)13-36-20-11-28-7-6-15(20)23-24(29-18-5-3-4-17(27)25(18)34-2)21-22(31-23)16-10-19(16)30-26(21)33/h3-7,11,14,16,19,29,31H,8-10,12-13H2,1-2H3,(H,30,33)/t14-,16-,19+/m0/s1. The van der Waals surface area contributed by atoms with Crippen molar-refractivity contribution >= 4 is 17.3 Å². The average molecular weight is 494 g/mol. The number of aromatic nitrogens is 2. The lowest BCUT2D eigenvalue weighted by atomic mass is 10.0. The van der Waals surface area contributed by atoms with Crippen LogP contribution in [0.1, 0.15) is 28.4 Å². The van der Waals surface area contributed by atoms with Gasteiger partial charge in [-0.15, -0.1) is 0 Å². The first-order valence-corrected chi connectivity index (χ1v) is 12.1. The maximum Gasteiger partial charge on any atom is 0.255 e. The van der Waals surface area contributed by atoms with E-state index in [1.54, 1.807) is 24.5 Å². The molecule has 1 aliphatic carbocycles. The van der Waals surface area contributed by atoms with Gasteiger partial charge in [0.25, 0.3) is 5.91 Å². The first kappa shape index (κ1) is 22.8. The van der Waals surface area contributed by atoms with Crippen molar-refractivity contribution < 1.29 is 23.4 Å². The number of nitrogens with zero attached hydrogens (tertiary/aromatic N) is 2. The van der Waals surface area contributed by atoms with Crippen molar-refractivity contribution in [2.45, 2.75) is 24.5 Å². The van der Waals surface area contributed by atoms with Crippen LogP contribution in [-0.4, -0.2) is 73.4 Å². The number of carbonyl (C=O) groups is 1. The Morgan fingerprint density at radius 1 is 1.33 bits per heavy atom. The fourth-order valence-electron chi connectivity index (χ4n) is 5.08. The molecule has 4 heterocycles. The molecule has 2 fully saturated rings. The number of para-hydroxylation sites is 1. The van der Waals surface area contributed by atoms with Gasteiger partial charge in [0.15, 0.2) is 11.6 Å². The maximum atomic E-state index is 14.5. The van der Waals surface area contributed by atoms with Gasteiger partial charge in [-0.05, 0) is 31.7 Å². The van der Waals surface area contributed by atoms with Gasteiger partial charge in [0, 0.05) is 42.5 Å². The molecule has 0 unspecified atom stereocenters. The third-order valence-corrected chi connectivity index (χ3v) is 6.99. The monoisotopic (exact) mass is 493 g/mol. The SMILES string of the molecule is COc1c(F)cccc1Nc1c(-c2ccncc2OC[C@@H]2CN(C)CCO2)[nH]c2c1C(=O)N[C@@H]1C[C@H]21. The van der Waals surface area contributed by atoms with Gasteiger partial charge in [-0.1, -0.05) is 6.07 Å². The number of ether oxygens (including phenoxy) is 3. The second-order valence-corrected chi connectivity index (χ2v) is 9.47. The predicted octanol–water partition coefficient (Wildman–Crippen LogP) is 3.28. The fraction of sp³-hybridized carbons (Fsp3) is 0.385. The molecule has 188 valence electrons. The fourth-order valence-corrected chi connectivity index (χ4v) is 5.08. The molecule has 1 aromatic carbocycles. The van der Waals surface area contributed by atoms with Crippen LogP contribution in [-0.2, 0) is 4.74 Å². The number of likely N-dealkylation sites (N-methyl/N-ethyl adjacent to an activating group) is 1. The van der Waals surface area contributed by atoms with Gasteiger partial charge in [0.05, 0.1) is 42.5 Å². The molecule has 1 saturated carbocycles. The minimum atomic E-state index is -0.495. The van der Waals surface area contributed by atoms with Crippen molar-refractivity contribution in [2.24, 2.45) is 0 Å². The zero-order valence-corrected chi connectivity index (χ0v) is 20.1. The number of carbonyl (C=O) groups excluding carboxylic acids is 1. The number of benzene rings is 1. The highest BCUT2D eigenvalue weighted by atomic mass is 19.1. The smallest absolute Gasteiger partial charge is 0.255 e. The molecular formula is C26H28FN5O4. The van der Waals surface area contributed by atoms with E-state index in [9.17, 15) is 9.18 Å². The van der Waals surface area contributed by atoms with Crippen LogP contribution in [0.15, 0.2) is 36.7 Å². The molecule has 3 N–H and O–H groups in total. The Morgan fingerprint density at radius 3 is 3.06 bits per heavy atom. The van der Waals surface area contributed by atoms with Gasteiger partial charge < -0.3 is 34.7 Å². The number of hydrogen-bond donors (Lipinski definition) is 3. The number of hydrogen-bond acceptors (Lipinski definition) is 7. The van der Waals surface area contributed by atoms with Gasteiger partial charge in [-0.2, -0.15) is 0 Å². The lowest BCUT2D eigenvalue weighted by molar-refractivity contribution is -0.0403. The van der Waals surface area contributed by atoms with Crippen molar-refractivity contribution in [2.75, 3.05) is 45.8 Å². The summed E-state index contributed by atoms with van der Waals surface area (Å²) in [5.41, 5.74) is 3.77. The van der Waals surface area contributed by atoms with Crippen molar-refractivity contribution in [3.8, 4) is 22.8 Å². The Balaban J connectivity index is 1.40. The van der Waals surface area contributed by atoms with E-state index in [4.69, 9.17) is 14.2 Å². The third kappa shape index (κ3) is 4.06. The topological polar surface area (TPSA) is 101 Å². The molecule has 10 heteroatoms. The molecule has 3 aliphatic rings. The third-order valence-electron chi connectivity index (χ3n) is 6.99. The zero-order valence-electron chi connectivity index (χ0n) is 20.1. The van der Waals surface area contributed by atoms with Crippen LogP contribution in [0.25, 0.3) is 11.3 Å². The van der Waals surface area contributed by atoms with Crippen LogP contribution in [0.3, 0.4) is 0 Å². The summed E-state index contributed by atoms with van der Waals surface area (Å²) in [6.45, 7) is 2.71. The highest BCUT2D eigenvalue weighted by molar-refractivity contribution is 6.07. The summed E-state index contributed by atoms with van der Waals surface area (Å²) in [5, 5.41) is 6.34. The molecule has 6 rings (SSSR count). The molecule has 0 spiro atoms. The molecule has 36 heavy (non-hydrogen) atoms. The summed E-state index contributed by atoms with van der Waals surface area (Å²) in [4.78, 5) is 23.1. The minimum Gasteiger partial charge on any atom is -0.492 e. The van der Waals surface area contributed by atoms with Crippen molar-refractivity contribution in [1.82, 2.24) is 20.2 Å². The Morgan fingerprint density at radius 2 is 2.22 bits per heavy atom. The van der Waals surface area contributed by atoms with E-state index >= 15 is 0 Å². The van der Waals surface area contributed by atoms with Crippen LogP contribution in [0.4, 0.5) is 15.8 Å². The average Bonchev–Trinajstić information content (AvgIpc) is 3.55. The van der Waals surface area contributed by atoms with Crippen LogP contribution < -0.4 is 20.1 Å². The van der Waals surface area contributed by atoms with Crippen molar-refractivity contribution in [3.63, 3.8) is 0 Å². The van der Waals surface area contributed by atoms with E-state index in [1.807, 2.05) is 6.07 Å². The zero-order chi connectivity index (χ0) is 24.8. The Hall–Kier alpha value is -3.63. The number of morpholine rings is 1. The van der Waals surface area contributed by atoms with Crippen LogP contribution in [0, 0.1) is 5.82 Å². The summed E-state index contributed by atoms with van der Waals surface area (Å²) in [5.74, 6) is 0.197. The molecule has 2 aromatic heterocycles. The van der Waals surface area contributed by atoms with E-state index in [0.29, 0.717) is 41.6 Å². The number of methoxy groups -OCH3 is 1. The molecule has 2 aliphatic heterocycles. The molecule has 0 bridgehead atoms. The minimum absolute atomic E-state index is 0.0548. The number of halogens is 1. The summed E-state index contributed by atoms with van der Waals surface area (Å²) < 4.78 is 31.8. The summed E-state index contributed by atoms with van der Waals surface area (Å²) >= 11 is 0. The lowest BCUT2D eigenvalue weighted by Gasteiger charge is -2.30. The number of amides is 1. The largest absolute Gasteiger partial charge is 0.492 e. The quantitative estimate of drug-likeness (QED) is 0.464. The number of anilines is 2. The van der Waals surface area contributed by atoms with Gasteiger partial charge >= 0.3 is 0 Å². The Bertz CT molecular complexity index is 1310.